The molecule has 0 bridgehead atoms. The van der Waals surface area contributed by atoms with Crippen LogP contribution in [0.2, 0.25) is 0 Å². The van der Waals surface area contributed by atoms with Gasteiger partial charge in [0.2, 0.25) is 0 Å². The van der Waals surface area contributed by atoms with Crippen molar-refractivity contribution in [1.82, 2.24) is 15.4 Å². The van der Waals surface area contributed by atoms with E-state index in [4.69, 9.17) is 5.73 Å². The number of nitrogens with zero attached hydrogens (tertiary/aromatic N) is 2. The van der Waals surface area contributed by atoms with Gasteiger partial charge in [0.05, 0.1) is 0 Å². The minimum Gasteiger partial charge on any atom is -0.393 e. The lowest BCUT2D eigenvalue weighted by Crippen LogP contribution is -2.40. The predicted octanol–water partition coefficient (Wildman–Crippen LogP) is 2.52. The fourth-order valence-electron chi connectivity index (χ4n) is 1.67. The van der Waals surface area contributed by atoms with Crippen molar-refractivity contribution in [3.05, 3.63) is 42.0 Å². The number of hydrazine groups is 1. The topological polar surface area (TPSA) is 87.9 Å². The van der Waals surface area contributed by atoms with Crippen LogP contribution in [0.5, 0.6) is 0 Å². The second-order valence-corrected chi connectivity index (χ2v) is 5.96. The van der Waals surface area contributed by atoms with Crippen LogP contribution >= 0.6 is 0 Å². The molecule has 118 valence electrons. The molecule has 0 saturated carbocycles. The molecular weight excluding hydrogens is 283 g/mol. The van der Waals surface area contributed by atoms with Crippen molar-refractivity contribution < 1.29 is 4.39 Å². The molecule has 0 atom stereocenters. The Balaban J connectivity index is 2.03. The van der Waals surface area contributed by atoms with Gasteiger partial charge in [0.15, 0.2) is 11.6 Å². The standard InChI is InChI=1S/C15H21FN6/c1-15(2,3)22-21-14-12(17)13(19-9-20-14)18-8-10-4-6-11(16)7-5-10/h4-7,9,22H,8,17H2,1-3H3,(H2,18,19,20,21). The summed E-state index contributed by atoms with van der Waals surface area (Å²) in [7, 11) is 0. The number of aromatic nitrogens is 2. The Kier molecular flexibility index (Phi) is 4.77. The van der Waals surface area contributed by atoms with Crippen LogP contribution in [0.4, 0.5) is 21.7 Å². The van der Waals surface area contributed by atoms with Crippen molar-refractivity contribution in [2.75, 3.05) is 16.5 Å². The minimum atomic E-state index is -0.259. The normalized spacial score (nSPS) is 11.3. The molecule has 0 unspecified atom stereocenters. The first kappa shape index (κ1) is 16.0. The molecule has 6 nitrogen and oxygen atoms in total. The van der Waals surface area contributed by atoms with E-state index in [1.807, 2.05) is 20.8 Å². The molecular formula is C15H21FN6. The Labute approximate surface area is 129 Å². The molecule has 1 heterocycles. The van der Waals surface area contributed by atoms with Crippen molar-refractivity contribution in [2.45, 2.75) is 32.9 Å². The largest absolute Gasteiger partial charge is 0.393 e. The smallest absolute Gasteiger partial charge is 0.169 e. The summed E-state index contributed by atoms with van der Waals surface area (Å²) >= 11 is 0. The molecule has 5 N–H and O–H groups in total. The highest BCUT2D eigenvalue weighted by molar-refractivity contribution is 5.73. The van der Waals surface area contributed by atoms with E-state index in [0.717, 1.165) is 5.56 Å². The van der Waals surface area contributed by atoms with Crippen LogP contribution in [0.3, 0.4) is 0 Å². The van der Waals surface area contributed by atoms with Crippen LogP contribution in [-0.2, 0) is 6.54 Å². The molecule has 2 aromatic rings. The maximum atomic E-state index is 12.9. The molecule has 0 fully saturated rings. The average molecular weight is 304 g/mol. The summed E-state index contributed by atoms with van der Waals surface area (Å²) in [6, 6.07) is 6.25. The van der Waals surface area contributed by atoms with Gasteiger partial charge in [-0.2, -0.15) is 0 Å². The third-order valence-electron chi connectivity index (χ3n) is 2.81. The number of benzene rings is 1. The first-order chi connectivity index (χ1) is 10.3. The molecule has 0 aliphatic carbocycles. The maximum absolute atomic E-state index is 12.9. The van der Waals surface area contributed by atoms with Gasteiger partial charge in [0, 0.05) is 12.1 Å². The van der Waals surface area contributed by atoms with E-state index >= 15 is 0 Å². The second-order valence-electron chi connectivity index (χ2n) is 5.96. The molecule has 2 rings (SSSR count). The summed E-state index contributed by atoms with van der Waals surface area (Å²) < 4.78 is 12.9. The van der Waals surface area contributed by atoms with E-state index in [2.05, 4.69) is 26.1 Å². The zero-order valence-corrected chi connectivity index (χ0v) is 12.9. The monoisotopic (exact) mass is 304 g/mol. The van der Waals surface area contributed by atoms with Crippen molar-refractivity contribution in [2.24, 2.45) is 0 Å². The Bertz CT molecular complexity index is 621. The fourth-order valence-corrected chi connectivity index (χ4v) is 1.67. The molecule has 0 radical (unpaired) electrons. The second kappa shape index (κ2) is 6.57. The average Bonchev–Trinajstić information content (AvgIpc) is 2.46. The predicted molar refractivity (Wildman–Crippen MR) is 86.7 cm³/mol. The lowest BCUT2D eigenvalue weighted by molar-refractivity contribution is 0.464. The zero-order chi connectivity index (χ0) is 16.2. The van der Waals surface area contributed by atoms with Gasteiger partial charge in [-0.3, -0.25) is 0 Å². The van der Waals surface area contributed by atoms with Gasteiger partial charge in [0.25, 0.3) is 0 Å². The Morgan fingerprint density at radius 3 is 2.36 bits per heavy atom. The van der Waals surface area contributed by atoms with E-state index < -0.39 is 0 Å². The summed E-state index contributed by atoms with van der Waals surface area (Å²) in [6.45, 7) is 6.55. The Morgan fingerprint density at radius 2 is 1.73 bits per heavy atom. The van der Waals surface area contributed by atoms with Crippen LogP contribution in [0.25, 0.3) is 0 Å². The number of nitrogens with two attached hydrogens (primary N) is 1. The molecule has 0 amide bonds. The Hall–Kier alpha value is -2.41. The number of anilines is 3. The lowest BCUT2D eigenvalue weighted by Gasteiger charge is -2.22. The zero-order valence-electron chi connectivity index (χ0n) is 12.9. The molecule has 1 aromatic heterocycles. The van der Waals surface area contributed by atoms with Crippen LogP contribution in [0.1, 0.15) is 26.3 Å². The molecule has 0 aliphatic rings. The molecule has 7 heteroatoms. The summed E-state index contributed by atoms with van der Waals surface area (Å²) in [5, 5.41) is 3.12. The summed E-state index contributed by atoms with van der Waals surface area (Å²) in [5.41, 5.74) is 13.4. The number of hydrogen-bond acceptors (Lipinski definition) is 6. The van der Waals surface area contributed by atoms with Crippen LogP contribution < -0.4 is 21.9 Å². The highest BCUT2D eigenvalue weighted by atomic mass is 19.1. The number of nitrogens with one attached hydrogen (secondary N) is 3. The third-order valence-corrected chi connectivity index (χ3v) is 2.81. The van der Waals surface area contributed by atoms with Crippen molar-refractivity contribution in [3.63, 3.8) is 0 Å². The van der Waals surface area contributed by atoms with Gasteiger partial charge in [-0.05, 0) is 38.5 Å². The van der Waals surface area contributed by atoms with Gasteiger partial charge in [-0.1, -0.05) is 12.1 Å². The van der Waals surface area contributed by atoms with E-state index in [9.17, 15) is 4.39 Å². The summed E-state index contributed by atoms with van der Waals surface area (Å²) in [4.78, 5) is 8.24. The number of rotatable bonds is 5. The van der Waals surface area contributed by atoms with Gasteiger partial charge < -0.3 is 16.5 Å². The SMILES string of the molecule is CC(C)(C)NNc1ncnc(NCc2ccc(F)cc2)c1N. The van der Waals surface area contributed by atoms with Gasteiger partial charge in [-0.25, -0.2) is 19.8 Å². The van der Waals surface area contributed by atoms with E-state index in [1.165, 1.54) is 18.5 Å². The van der Waals surface area contributed by atoms with Crippen molar-refractivity contribution in [1.29, 1.82) is 0 Å². The Morgan fingerprint density at radius 1 is 1.09 bits per heavy atom. The van der Waals surface area contributed by atoms with Crippen LogP contribution in [0.15, 0.2) is 30.6 Å². The highest BCUT2D eigenvalue weighted by Gasteiger charge is 2.12. The summed E-state index contributed by atoms with van der Waals surface area (Å²) in [5.74, 6) is 0.772. The highest BCUT2D eigenvalue weighted by Crippen LogP contribution is 2.22. The molecule has 0 saturated heterocycles. The maximum Gasteiger partial charge on any atom is 0.169 e. The van der Waals surface area contributed by atoms with E-state index in [0.29, 0.717) is 23.9 Å². The quantitative estimate of drug-likeness (QED) is 0.635. The first-order valence-electron chi connectivity index (χ1n) is 6.97. The molecule has 1 aromatic carbocycles. The van der Waals surface area contributed by atoms with Crippen LogP contribution in [-0.4, -0.2) is 15.5 Å². The van der Waals surface area contributed by atoms with Crippen molar-refractivity contribution >= 4 is 17.3 Å². The van der Waals surface area contributed by atoms with Gasteiger partial charge in [0.1, 0.15) is 17.8 Å². The molecule has 0 spiro atoms. The third kappa shape index (κ3) is 4.56. The number of nitrogen functional groups attached to an aromatic ring is 1. The van der Waals surface area contributed by atoms with Gasteiger partial charge in [-0.15, -0.1) is 0 Å². The fraction of sp³-hybridized carbons (Fsp3) is 0.333. The molecule has 0 aliphatic heterocycles. The minimum absolute atomic E-state index is 0.126. The lowest BCUT2D eigenvalue weighted by atomic mass is 10.1. The number of hydrogen-bond donors (Lipinski definition) is 4. The van der Waals surface area contributed by atoms with E-state index in [-0.39, 0.29) is 11.4 Å². The van der Waals surface area contributed by atoms with E-state index in [1.54, 1.807) is 12.1 Å². The summed E-state index contributed by atoms with van der Waals surface area (Å²) in [6.07, 6.45) is 1.43. The van der Waals surface area contributed by atoms with Crippen LogP contribution in [0, 0.1) is 5.82 Å². The number of halogens is 1. The molecule has 22 heavy (non-hydrogen) atoms. The first-order valence-corrected chi connectivity index (χ1v) is 6.97. The van der Waals surface area contributed by atoms with Crippen molar-refractivity contribution in [3.8, 4) is 0 Å². The van der Waals surface area contributed by atoms with Gasteiger partial charge >= 0.3 is 0 Å².